The maximum atomic E-state index is 12.1. The summed E-state index contributed by atoms with van der Waals surface area (Å²) in [7, 11) is 0. The van der Waals surface area contributed by atoms with Crippen LogP contribution in [0.15, 0.2) is 18.2 Å². The fraction of sp³-hybridized carbons (Fsp3) is 0.562. The molecule has 0 bridgehead atoms. The van der Waals surface area contributed by atoms with Gasteiger partial charge in [0.15, 0.2) is 0 Å². The summed E-state index contributed by atoms with van der Waals surface area (Å²) in [5.74, 6) is 0.102. The molecule has 0 spiro atoms. The second-order valence-electron chi connectivity index (χ2n) is 5.66. The van der Waals surface area contributed by atoms with Gasteiger partial charge in [-0.25, -0.2) is 0 Å². The van der Waals surface area contributed by atoms with Crippen molar-refractivity contribution < 1.29 is 4.79 Å². The number of carbonyl (C=O) groups excluding carboxylic acids is 1. The normalized spacial score (nSPS) is 17.2. The minimum atomic E-state index is -0.192. The van der Waals surface area contributed by atoms with Gasteiger partial charge in [-0.15, -0.1) is 0 Å². The largest absolute Gasteiger partial charge is 0.374 e. The van der Waals surface area contributed by atoms with Gasteiger partial charge in [0.25, 0.3) is 0 Å². The molecule has 0 aliphatic heterocycles. The molecule has 0 heterocycles. The van der Waals surface area contributed by atoms with Crippen LogP contribution in [-0.4, -0.2) is 18.0 Å². The van der Waals surface area contributed by atoms with E-state index in [-0.39, 0.29) is 11.9 Å². The van der Waals surface area contributed by atoms with E-state index in [0.29, 0.717) is 6.04 Å². The van der Waals surface area contributed by atoms with Gasteiger partial charge >= 0.3 is 0 Å². The smallest absolute Gasteiger partial charge is 0.242 e. The Kier molecular flexibility index (Phi) is 4.46. The number of aryl methyl sites for hydroxylation is 2. The van der Waals surface area contributed by atoms with Crippen LogP contribution in [-0.2, 0) is 4.79 Å². The Bertz CT molecular complexity index is 450. The average Bonchev–Trinajstić information content (AvgIpc) is 2.86. The Balaban J connectivity index is 1.90. The molecule has 1 aliphatic rings. The third-order valence-corrected chi connectivity index (χ3v) is 3.98. The van der Waals surface area contributed by atoms with Crippen LogP contribution in [0.1, 0.15) is 43.7 Å². The number of nitrogens with one attached hydrogen (secondary N) is 2. The summed E-state index contributed by atoms with van der Waals surface area (Å²) in [5, 5.41) is 6.40. The van der Waals surface area contributed by atoms with Gasteiger partial charge in [-0.2, -0.15) is 0 Å². The number of hydrogen-bond donors (Lipinski definition) is 2. The van der Waals surface area contributed by atoms with Crippen LogP contribution in [0.5, 0.6) is 0 Å². The van der Waals surface area contributed by atoms with Crippen molar-refractivity contribution in [1.82, 2.24) is 5.32 Å². The predicted octanol–water partition coefficient (Wildman–Crippen LogP) is 3.16. The first-order chi connectivity index (χ1) is 9.06. The second-order valence-corrected chi connectivity index (χ2v) is 5.66. The highest BCUT2D eigenvalue weighted by Gasteiger charge is 2.20. The van der Waals surface area contributed by atoms with Crippen LogP contribution in [0.4, 0.5) is 5.69 Å². The minimum Gasteiger partial charge on any atom is -0.374 e. The Labute approximate surface area is 115 Å². The van der Waals surface area contributed by atoms with Crippen LogP contribution in [0.3, 0.4) is 0 Å². The number of anilines is 1. The Morgan fingerprint density at radius 3 is 2.53 bits per heavy atom. The van der Waals surface area contributed by atoms with Crippen molar-refractivity contribution in [1.29, 1.82) is 0 Å². The molecule has 0 aromatic heterocycles. The van der Waals surface area contributed by atoms with Gasteiger partial charge in [0.1, 0.15) is 6.04 Å². The third-order valence-electron chi connectivity index (χ3n) is 3.98. The van der Waals surface area contributed by atoms with Crippen molar-refractivity contribution in [3.05, 3.63) is 29.3 Å². The molecule has 0 unspecified atom stereocenters. The van der Waals surface area contributed by atoms with Gasteiger partial charge in [-0.3, -0.25) is 4.79 Å². The molecule has 0 radical (unpaired) electrons. The molecule has 3 heteroatoms. The first-order valence-electron chi connectivity index (χ1n) is 7.20. The lowest BCUT2D eigenvalue weighted by Gasteiger charge is -2.19. The van der Waals surface area contributed by atoms with Crippen LogP contribution in [0, 0.1) is 13.8 Å². The topological polar surface area (TPSA) is 41.1 Å². The molecular weight excluding hydrogens is 236 g/mol. The maximum absolute atomic E-state index is 12.1. The lowest BCUT2D eigenvalue weighted by molar-refractivity contribution is -0.122. The van der Waals surface area contributed by atoms with Crippen molar-refractivity contribution >= 4 is 11.6 Å². The lowest BCUT2D eigenvalue weighted by atomic mass is 10.1. The summed E-state index contributed by atoms with van der Waals surface area (Å²) in [6.07, 6.45) is 4.73. The van der Waals surface area contributed by atoms with Crippen molar-refractivity contribution in [3.8, 4) is 0 Å². The van der Waals surface area contributed by atoms with E-state index in [9.17, 15) is 4.79 Å². The molecule has 0 saturated heterocycles. The van der Waals surface area contributed by atoms with Gasteiger partial charge in [-0.05, 0) is 56.9 Å². The molecule has 3 nitrogen and oxygen atoms in total. The van der Waals surface area contributed by atoms with Gasteiger partial charge in [-0.1, -0.05) is 18.9 Å². The predicted molar refractivity (Wildman–Crippen MR) is 79.4 cm³/mol. The monoisotopic (exact) mass is 260 g/mol. The molecule has 1 saturated carbocycles. The Morgan fingerprint density at radius 2 is 1.89 bits per heavy atom. The minimum absolute atomic E-state index is 0.102. The van der Waals surface area contributed by atoms with Crippen LogP contribution >= 0.6 is 0 Å². The van der Waals surface area contributed by atoms with Crippen molar-refractivity contribution in [2.75, 3.05) is 5.32 Å². The standard InChI is InChI=1S/C16H24N2O/c1-11-8-9-15(10-12(11)2)17-13(3)16(19)18-14-6-4-5-7-14/h8-10,13-14,17H,4-7H2,1-3H3,(H,18,19)/t13-/m1/s1. The quantitative estimate of drug-likeness (QED) is 0.873. The summed E-state index contributed by atoms with van der Waals surface area (Å²) in [6, 6.07) is 6.40. The van der Waals surface area contributed by atoms with E-state index in [1.54, 1.807) is 0 Å². The second kappa shape index (κ2) is 6.09. The maximum Gasteiger partial charge on any atom is 0.242 e. The zero-order valence-corrected chi connectivity index (χ0v) is 12.1. The van der Waals surface area contributed by atoms with Crippen LogP contribution in [0.25, 0.3) is 0 Å². The van der Waals surface area contributed by atoms with Gasteiger partial charge in [0.2, 0.25) is 5.91 Å². The fourth-order valence-electron chi connectivity index (χ4n) is 2.54. The van der Waals surface area contributed by atoms with E-state index in [4.69, 9.17) is 0 Å². The molecule has 1 aromatic carbocycles. The summed E-state index contributed by atoms with van der Waals surface area (Å²) in [6.45, 7) is 6.10. The SMILES string of the molecule is Cc1ccc(N[C@H](C)C(=O)NC2CCCC2)cc1C. The number of amides is 1. The Morgan fingerprint density at radius 1 is 1.21 bits per heavy atom. The van der Waals surface area contributed by atoms with Gasteiger partial charge in [0, 0.05) is 11.7 Å². The molecule has 19 heavy (non-hydrogen) atoms. The highest BCUT2D eigenvalue weighted by Crippen LogP contribution is 2.18. The fourth-order valence-corrected chi connectivity index (χ4v) is 2.54. The van der Waals surface area contributed by atoms with Crippen molar-refractivity contribution in [2.24, 2.45) is 0 Å². The third kappa shape index (κ3) is 3.72. The lowest BCUT2D eigenvalue weighted by Crippen LogP contribution is -2.42. The zero-order valence-electron chi connectivity index (χ0n) is 12.1. The summed E-state index contributed by atoms with van der Waals surface area (Å²) in [5.41, 5.74) is 3.53. The molecule has 1 atom stereocenters. The molecule has 1 fully saturated rings. The first kappa shape index (κ1) is 13.9. The number of carbonyl (C=O) groups is 1. The van der Waals surface area contributed by atoms with Crippen molar-refractivity contribution in [3.63, 3.8) is 0 Å². The highest BCUT2D eigenvalue weighted by molar-refractivity contribution is 5.84. The first-order valence-corrected chi connectivity index (χ1v) is 7.20. The molecule has 2 rings (SSSR count). The van der Waals surface area contributed by atoms with Crippen LogP contribution in [0.2, 0.25) is 0 Å². The van der Waals surface area contributed by atoms with Crippen LogP contribution < -0.4 is 10.6 Å². The molecule has 1 amide bonds. The molecule has 1 aliphatic carbocycles. The van der Waals surface area contributed by atoms with Gasteiger partial charge in [0.05, 0.1) is 0 Å². The van der Waals surface area contributed by atoms with E-state index in [1.165, 1.54) is 24.0 Å². The molecule has 104 valence electrons. The van der Waals surface area contributed by atoms with Crippen molar-refractivity contribution in [2.45, 2.75) is 58.5 Å². The van der Waals surface area contributed by atoms with E-state index >= 15 is 0 Å². The molecular formula is C16H24N2O. The number of hydrogen-bond acceptors (Lipinski definition) is 2. The average molecular weight is 260 g/mol. The van der Waals surface area contributed by atoms with E-state index in [1.807, 2.05) is 13.0 Å². The van der Waals surface area contributed by atoms with Gasteiger partial charge < -0.3 is 10.6 Å². The summed E-state index contributed by atoms with van der Waals surface area (Å²) >= 11 is 0. The Hall–Kier alpha value is -1.51. The molecule has 2 N–H and O–H groups in total. The number of benzene rings is 1. The zero-order chi connectivity index (χ0) is 13.8. The van der Waals surface area contributed by atoms with E-state index < -0.39 is 0 Å². The van der Waals surface area contributed by atoms with E-state index in [2.05, 4.69) is 36.6 Å². The van der Waals surface area contributed by atoms with E-state index in [0.717, 1.165) is 18.5 Å². The molecule has 1 aromatic rings. The summed E-state index contributed by atoms with van der Waals surface area (Å²) in [4.78, 5) is 12.1. The summed E-state index contributed by atoms with van der Waals surface area (Å²) < 4.78 is 0. The highest BCUT2D eigenvalue weighted by atomic mass is 16.2. The number of rotatable bonds is 4.